The van der Waals surface area contributed by atoms with Gasteiger partial charge in [0.05, 0.1) is 6.61 Å². The largest absolute Gasteiger partial charge is 0.460 e. The van der Waals surface area contributed by atoms with Crippen LogP contribution in [0.1, 0.15) is 12.5 Å². The maximum Gasteiger partial charge on any atom is 0.374 e. The fraction of sp³-hybridized carbons (Fsp3) is 0.118. The lowest BCUT2D eigenvalue weighted by Crippen LogP contribution is -2.12. The Morgan fingerprint density at radius 1 is 1.00 bits per heavy atom. The Balaban J connectivity index is 2.27. The lowest BCUT2D eigenvalue weighted by Gasteiger charge is -2.09. The molecular formula is C17H14Br2O3. The Bertz CT molecular complexity index is 661. The molecule has 0 atom stereocenters. The summed E-state index contributed by atoms with van der Waals surface area (Å²) in [5, 5.41) is 0. The second-order valence-electron chi connectivity index (χ2n) is 4.34. The highest BCUT2D eigenvalue weighted by atomic mass is 79.9. The van der Waals surface area contributed by atoms with Gasteiger partial charge in [0.2, 0.25) is 5.76 Å². The van der Waals surface area contributed by atoms with Gasteiger partial charge in [0.15, 0.2) is 0 Å². The summed E-state index contributed by atoms with van der Waals surface area (Å²) in [5.41, 5.74) is 0.850. The van der Waals surface area contributed by atoms with Crippen LogP contribution < -0.4 is 4.74 Å². The van der Waals surface area contributed by atoms with Crippen LogP contribution in [-0.4, -0.2) is 12.6 Å². The number of rotatable bonds is 5. The zero-order chi connectivity index (χ0) is 15.9. The highest BCUT2D eigenvalue weighted by molar-refractivity contribution is 9.10. The quantitative estimate of drug-likeness (QED) is 0.375. The molecule has 0 radical (unpaired) electrons. The van der Waals surface area contributed by atoms with Gasteiger partial charge in [-0.05, 0) is 55.0 Å². The molecule has 0 amide bonds. The molecular weight excluding hydrogens is 412 g/mol. The highest BCUT2D eigenvalue weighted by Crippen LogP contribution is 2.20. The molecule has 5 heteroatoms. The number of benzene rings is 2. The number of esters is 1. The van der Waals surface area contributed by atoms with Crippen molar-refractivity contribution in [1.82, 2.24) is 0 Å². The zero-order valence-electron chi connectivity index (χ0n) is 11.9. The Hall–Kier alpha value is -1.59. The van der Waals surface area contributed by atoms with E-state index < -0.39 is 5.97 Å². The average Bonchev–Trinajstić information content (AvgIpc) is 2.51. The van der Waals surface area contributed by atoms with Gasteiger partial charge in [0.25, 0.3) is 0 Å². The number of carbonyl (C=O) groups is 1. The van der Waals surface area contributed by atoms with Crippen molar-refractivity contribution in [3.8, 4) is 5.75 Å². The molecule has 0 aliphatic rings. The number of halogens is 2. The fourth-order valence-corrected chi connectivity index (χ4v) is 2.20. The lowest BCUT2D eigenvalue weighted by molar-refractivity contribution is -0.140. The lowest BCUT2D eigenvalue weighted by atomic mass is 10.2. The minimum absolute atomic E-state index is 0.145. The van der Waals surface area contributed by atoms with Crippen molar-refractivity contribution in [2.45, 2.75) is 6.92 Å². The van der Waals surface area contributed by atoms with Crippen LogP contribution in [0, 0.1) is 0 Å². The molecule has 0 unspecified atom stereocenters. The summed E-state index contributed by atoms with van der Waals surface area (Å²) in [6.07, 6.45) is 1.66. The summed E-state index contributed by atoms with van der Waals surface area (Å²) in [5.74, 6) is 0.222. The standard InChI is InChI=1S/C17H14Br2O3/c1-2-21-17(20)16(11-12-3-5-13(18)6-4-12)22-15-9-7-14(19)8-10-15/h3-11H,2H2,1H3/b16-11-. The number of hydrogen-bond donors (Lipinski definition) is 0. The Kier molecular flexibility index (Phi) is 6.21. The van der Waals surface area contributed by atoms with E-state index in [1.54, 1.807) is 25.1 Å². The van der Waals surface area contributed by atoms with E-state index in [9.17, 15) is 4.79 Å². The monoisotopic (exact) mass is 424 g/mol. The third-order valence-electron chi connectivity index (χ3n) is 2.69. The predicted octanol–water partition coefficient (Wildman–Crippen LogP) is 5.19. The maximum absolute atomic E-state index is 12.1. The Morgan fingerprint density at radius 2 is 1.55 bits per heavy atom. The third-order valence-corrected chi connectivity index (χ3v) is 3.74. The molecule has 22 heavy (non-hydrogen) atoms. The molecule has 2 aromatic rings. The van der Waals surface area contributed by atoms with Crippen molar-refractivity contribution in [3.63, 3.8) is 0 Å². The molecule has 0 N–H and O–H groups in total. The maximum atomic E-state index is 12.1. The van der Waals surface area contributed by atoms with Gasteiger partial charge in [0, 0.05) is 8.95 Å². The van der Waals surface area contributed by atoms with Crippen molar-refractivity contribution in [3.05, 3.63) is 68.8 Å². The molecule has 3 nitrogen and oxygen atoms in total. The van der Waals surface area contributed by atoms with Crippen LogP contribution in [-0.2, 0) is 9.53 Å². The van der Waals surface area contributed by atoms with Gasteiger partial charge in [-0.3, -0.25) is 0 Å². The zero-order valence-corrected chi connectivity index (χ0v) is 15.1. The van der Waals surface area contributed by atoms with E-state index in [-0.39, 0.29) is 5.76 Å². The third kappa shape index (κ3) is 5.00. The SMILES string of the molecule is CCOC(=O)/C(=C/c1ccc(Br)cc1)Oc1ccc(Br)cc1. The van der Waals surface area contributed by atoms with E-state index in [0.29, 0.717) is 12.4 Å². The minimum Gasteiger partial charge on any atom is -0.460 e. The number of hydrogen-bond acceptors (Lipinski definition) is 3. The summed E-state index contributed by atoms with van der Waals surface area (Å²) in [7, 11) is 0. The molecule has 0 heterocycles. The van der Waals surface area contributed by atoms with Crippen LogP contribution in [0.3, 0.4) is 0 Å². The molecule has 0 aliphatic heterocycles. The average molecular weight is 426 g/mol. The molecule has 114 valence electrons. The van der Waals surface area contributed by atoms with Gasteiger partial charge in [-0.25, -0.2) is 4.79 Å². The van der Waals surface area contributed by atoms with Crippen molar-refractivity contribution in [1.29, 1.82) is 0 Å². The first kappa shape index (κ1) is 16.8. The summed E-state index contributed by atoms with van der Waals surface area (Å²) >= 11 is 6.74. The first-order chi connectivity index (χ1) is 10.6. The molecule has 0 spiro atoms. The highest BCUT2D eigenvalue weighted by Gasteiger charge is 2.13. The van der Waals surface area contributed by atoms with Crippen LogP contribution in [0.15, 0.2) is 63.2 Å². The van der Waals surface area contributed by atoms with Crippen LogP contribution in [0.4, 0.5) is 0 Å². The Labute approximate surface area is 146 Å². The van der Waals surface area contributed by atoms with Crippen LogP contribution in [0.25, 0.3) is 6.08 Å². The van der Waals surface area contributed by atoms with Gasteiger partial charge in [-0.2, -0.15) is 0 Å². The molecule has 0 aliphatic carbocycles. The van der Waals surface area contributed by atoms with E-state index in [1.807, 2.05) is 36.4 Å². The van der Waals surface area contributed by atoms with Gasteiger partial charge in [-0.15, -0.1) is 0 Å². The molecule has 0 fully saturated rings. The van der Waals surface area contributed by atoms with E-state index in [2.05, 4.69) is 31.9 Å². The van der Waals surface area contributed by atoms with E-state index in [4.69, 9.17) is 9.47 Å². The molecule has 2 aromatic carbocycles. The summed E-state index contributed by atoms with van der Waals surface area (Å²) < 4.78 is 12.6. The summed E-state index contributed by atoms with van der Waals surface area (Å²) in [6.45, 7) is 2.05. The topological polar surface area (TPSA) is 35.5 Å². The smallest absolute Gasteiger partial charge is 0.374 e. The molecule has 0 aromatic heterocycles. The van der Waals surface area contributed by atoms with E-state index >= 15 is 0 Å². The van der Waals surface area contributed by atoms with Gasteiger partial charge >= 0.3 is 5.97 Å². The van der Waals surface area contributed by atoms with Crippen molar-refractivity contribution >= 4 is 43.9 Å². The predicted molar refractivity (Wildman–Crippen MR) is 93.5 cm³/mol. The molecule has 0 saturated carbocycles. The van der Waals surface area contributed by atoms with Crippen LogP contribution in [0.2, 0.25) is 0 Å². The Morgan fingerprint density at radius 3 is 2.09 bits per heavy atom. The first-order valence-electron chi connectivity index (χ1n) is 6.66. The summed E-state index contributed by atoms with van der Waals surface area (Å²) in [6, 6.07) is 14.8. The molecule has 2 rings (SSSR count). The molecule has 0 saturated heterocycles. The van der Waals surface area contributed by atoms with Crippen LogP contribution >= 0.6 is 31.9 Å². The van der Waals surface area contributed by atoms with Crippen LogP contribution in [0.5, 0.6) is 5.75 Å². The first-order valence-corrected chi connectivity index (χ1v) is 8.25. The summed E-state index contributed by atoms with van der Waals surface area (Å²) in [4.78, 5) is 12.1. The second kappa shape index (κ2) is 8.15. The van der Waals surface area contributed by atoms with Crippen molar-refractivity contribution in [2.24, 2.45) is 0 Å². The minimum atomic E-state index is -0.492. The van der Waals surface area contributed by atoms with Crippen molar-refractivity contribution in [2.75, 3.05) is 6.61 Å². The van der Waals surface area contributed by atoms with Gasteiger partial charge in [0.1, 0.15) is 5.75 Å². The van der Waals surface area contributed by atoms with Crippen molar-refractivity contribution < 1.29 is 14.3 Å². The fourth-order valence-electron chi connectivity index (χ4n) is 1.67. The van der Waals surface area contributed by atoms with E-state index in [1.165, 1.54) is 0 Å². The van der Waals surface area contributed by atoms with Gasteiger partial charge < -0.3 is 9.47 Å². The van der Waals surface area contributed by atoms with Gasteiger partial charge in [-0.1, -0.05) is 44.0 Å². The second-order valence-corrected chi connectivity index (χ2v) is 6.17. The van der Waals surface area contributed by atoms with E-state index in [0.717, 1.165) is 14.5 Å². The number of carbonyl (C=O) groups excluding carboxylic acids is 1. The normalized spacial score (nSPS) is 11.1. The number of ether oxygens (including phenoxy) is 2. The molecule has 0 bridgehead atoms.